The van der Waals surface area contributed by atoms with E-state index in [0.29, 0.717) is 21.7 Å². The van der Waals surface area contributed by atoms with E-state index in [-0.39, 0.29) is 28.6 Å². The first-order valence-electron chi connectivity index (χ1n) is 8.42. The van der Waals surface area contributed by atoms with Gasteiger partial charge < -0.3 is 21.5 Å². The maximum Gasteiger partial charge on any atom is 0.280 e. The molecule has 3 aromatic rings. The Morgan fingerprint density at radius 3 is 2.62 bits per heavy atom. The molecule has 150 valence electrons. The molecule has 0 aliphatic carbocycles. The maximum absolute atomic E-state index is 12.7. The van der Waals surface area contributed by atoms with Crippen LogP contribution in [0, 0.1) is 15.3 Å². The van der Waals surface area contributed by atoms with E-state index >= 15 is 0 Å². The van der Waals surface area contributed by atoms with Crippen LogP contribution in [0.15, 0.2) is 48.5 Å². The number of para-hydroxylation sites is 1. The number of carbonyl (C=O) groups excluding carboxylic acids is 1. The van der Waals surface area contributed by atoms with Crippen LogP contribution in [0.3, 0.4) is 0 Å². The van der Waals surface area contributed by atoms with Crippen LogP contribution in [0.5, 0.6) is 0 Å². The average Bonchev–Trinajstić information content (AvgIpc) is 3.08. The van der Waals surface area contributed by atoms with Crippen molar-refractivity contribution in [2.24, 2.45) is 0 Å². The number of nitrogens with one attached hydrogen (secondary N) is 1. The van der Waals surface area contributed by atoms with Crippen LogP contribution >= 0.6 is 11.3 Å². The molecule has 29 heavy (non-hydrogen) atoms. The van der Waals surface area contributed by atoms with E-state index in [9.17, 15) is 20.1 Å². The normalized spacial score (nSPS) is 10.6. The van der Waals surface area contributed by atoms with Crippen molar-refractivity contribution in [3.8, 4) is 0 Å². The predicted molar refractivity (Wildman–Crippen MR) is 110 cm³/mol. The summed E-state index contributed by atoms with van der Waals surface area (Å²) in [6.07, 6.45) is 0. The highest BCUT2D eigenvalue weighted by Crippen LogP contribution is 2.32. The highest BCUT2D eigenvalue weighted by atomic mass is 32.1. The lowest BCUT2D eigenvalue weighted by molar-refractivity contribution is -0.385. The summed E-state index contributed by atoms with van der Waals surface area (Å²) in [5, 5.41) is 26.5. The van der Waals surface area contributed by atoms with Crippen molar-refractivity contribution in [1.29, 1.82) is 0 Å². The zero-order valence-electron chi connectivity index (χ0n) is 15.2. The molecular weight excluding hydrogens is 398 g/mol. The molecule has 0 unspecified atom stereocenters. The first-order valence-corrected chi connectivity index (χ1v) is 9.24. The van der Waals surface area contributed by atoms with E-state index in [1.165, 1.54) is 18.2 Å². The summed E-state index contributed by atoms with van der Waals surface area (Å²) < 4.78 is 0. The van der Waals surface area contributed by atoms with Crippen LogP contribution in [0.1, 0.15) is 22.2 Å². The zero-order chi connectivity index (χ0) is 21.0. The van der Waals surface area contributed by atoms with Gasteiger partial charge in [-0.25, -0.2) is 4.98 Å². The molecule has 0 bridgehead atoms. The molecule has 0 aliphatic rings. The number of ketones is 1. The van der Waals surface area contributed by atoms with E-state index in [1.54, 1.807) is 37.3 Å². The van der Waals surface area contributed by atoms with Crippen LogP contribution in [-0.4, -0.2) is 22.3 Å². The third-order valence-corrected chi connectivity index (χ3v) is 4.77. The Kier molecular flexibility index (Phi) is 6.02. The van der Waals surface area contributed by atoms with E-state index in [1.807, 2.05) is 0 Å². The molecule has 0 amide bonds. The number of hydrogen-bond acceptors (Lipinski definition) is 10. The predicted octanol–water partition coefficient (Wildman–Crippen LogP) is 3.86. The molecule has 11 heteroatoms. The number of nitro benzene ring substituents is 1. The number of nitrogen functional groups attached to an aromatic ring is 1. The van der Waals surface area contributed by atoms with Crippen molar-refractivity contribution in [3.05, 3.63) is 74.3 Å². The first-order chi connectivity index (χ1) is 13.9. The molecule has 1 heterocycles. The summed E-state index contributed by atoms with van der Waals surface area (Å²) in [4.78, 5) is 32.3. The minimum Gasteiger partial charge on any atom is -0.733 e. The first kappa shape index (κ1) is 20.2. The van der Waals surface area contributed by atoms with E-state index in [0.717, 1.165) is 11.3 Å². The minimum absolute atomic E-state index is 0.0284. The number of hydrogen-bond donors (Lipinski definition) is 2. The van der Waals surface area contributed by atoms with Gasteiger partial charge in [0.1, 0.15) is 16.3 Å². The van der Waals surface area contributed by atoms with Crippen molar-refractivity contribution in [1.82, 2.24) is 4.98 Å². The fraction of sp³-hybridized carbons (Fsp3) is 0.111. The highest BCUT2D eigenvalue weighted by Gasteiger charge is 2.25. The third-order valence-electron chi connectivity index (χ3n) is 3.78. The number of thiazole rings is 1. The summed E-state index contributed by atoms with van der Waals surface area (Å²) >= 11 is 0.980. The lowest BCUT2D eigenvalue weighted by atomic mass is 10.1. The maximum atomic E-state index is 12.7. The van der Waals surface area contributed by atoms with Gasteiger partial charge in [-0.3, -0.25) is 19.7 Å². The second kappa shape index (κ2) is 8.65. The molecule has 2 aromatic carbocycles. The smallest absolute Gasteiger partial charge is 0.280 e. The summed E-state index contributed by atoms with van der Waals surface area (Å²) in [5.74, 6) is -0.603. The zero-order valence-corrected chi connectivity index (χ0v) is 16.0. The van der Waals surface area contributed by atoms with Gasteiger partial charge in [-0.15, -0.1) is 0 Å². The molecule has 0 spiro atoms. The van der Waals surface area contributed by atoms with Crippen LogP contribution in [0.4, 0.5) is 28.0 Å². The molecular formula is C18H16N5O5S-. The minimum atomic E-state index is -0.618. The quantitative estimate of drug-likeness (QED) is 0.318. The molecule has 0 fully saturated rings. The van der Waals surface area contributed by atoms with Gasteiger partial charge in [0.2, 0.25) is 5.78 Å². The van der Waals surface area contributed by atoms with Crippen molar-refractivity contribution in [2.75, 3.05) is 22.9 Å². The van der Waals surface area contributed by atoms with Gasteiger partial charge in [-0.2, -0.15) is 0 Å². The van der Waals surface area contributed by atoms with Crippen molar-refractivity contribution < 1.29 is 14.6 Å². The number of carbonyl (C=O) groups is 1. The number of anilines is 4. The lowest BCUT2D eigenvalue weighted by Gasteiger charge is -2.28. The molecule has 0 saturated carbocycles. The molecule has 3 rings (SSSR count). The van der Waals surface area contributed by atoms with E-state index < -0.39 is 10.7 Å². The van der Waals surface area contributed by atoms with Gasteiger partial charge in [0.05, 0.1) is 17.2 Å². The molecule has 0 radical (unpaired) electrons. The van der Waals surface area contributed by atoms with E-state index in [2.05, 4.69) is 10.3 Å². The second-order valence-corrected chi connectivity index (χ2v) is 6.68. The van der Waals surface area contributed by atoms with Crippen LogP contribution in [-0.2, 0) is 4.84 Å². The van der Waals surface area contributed by atoms with Crippen molar-refractivity contribution in [3.63, 3.8) is 0 Å². The molecule has 3 N–H and O–H groups in total. The Morgan fingerprint density at radius 1 is 1.28 bits per heavy atom. The van der Waals surface area contributed by atoms with Crippen molar-refractivity contribution >= 4 is 45.1 Å². The van der Waals surface area contributed by atoms with E-state index in [4.69, 9.17) is 10.6 Å². The standard InChI is InChI=1S/C18H16N5O5S/c1-2-28-23(27)12-9-7-11(8-10-12)20-18-21-17(19)16(29-18)15(24)13-5-3-4-6-14(13)22(25)26/h3-10H,2,19H2,1H3,(H,20,21)/q-1. The Hall–Kier alpha value is -3.54. The van der Waals surface area contributed by atoms with Crippen LogP contribution in [0.2, 0.25) is 0 Å². The Morgan fingerprint density at radius 2 is 1.97 bits per heavy atom. The summed E-state index contributed by atoms with van der Waals surface area (Å²) in [6.45, 7) is 1.95. The third kappa shape index (κ3) is 4.48. The average molecular weight is 414 g/mol. The molecule has 0 atom stereocenters. The number of nitrogens with two attached hydrogens (primary N) is 1. The summed E-state index contributed by atoms with van der Waals surface area (Å²) in [7, 11) is 0. The molecule has 1 aromatic heterocycles. The van der Waals surface area contributed by atoms with Crippen molar-refractivity contribution in [2.45, 2.75) is 6.92 Å². The Labute approximate surface area is 169 Å². The summed E-state index contributed by atoms with van der Waals surface area (Å²) in [6, 6.07) is 12.0. The SMILES string of the molecule is CCON([O-])c1ccc(Nc2nc(N)c(C(=O)c3ccccc3[N+](=O)[O-])s2)cc1. The number of benzene rings is 2. The monoisotopic (exact) mass is 414 g/mol. The lowest BCUT2D eigenvalue weighted by Crippen LogP contribution is -2.14. The largest absolute Gasteiger partial charge is 0.733 e. The van der Waals surface area contributed by atoms with Crippen LogP contribution in [0.25, 0.3) is 0 Å². The number of nitrogens with zero attached hydrogens (tertiary/aromatic N) is 3. The Balaban J connectivity index is 1.80. The van der Waals surface area contributed by atoms with Crippen LogP contribution < -0.4 is 16.3 Å². The van der Waals surface area contributed by atoms with Gasteiger partial charge in [0.25, 0.3) is 5.69 Å². The Bertz CT molecular complexity index is 1040. The molecule has 0 aliphatic heterocycles. The molecule has 10 nitrogen and oxygen atoms in total. The number of aromatic nitrogens is 1. The number of rotatable bonds is 8. The number of nitro groups is 1. The summed E-state index contributed by atoms with van der Waals surface area (Å²) in [5.41, 5.74) is 6.43. The highest BCUT2D eigenvalue weighted by molar-refractivity contribution is 7.18. The van der Waals surface area contributed by atoms with Gasteiger partial charge in [-0.1, -0.05) is 23.5 Å². The van der Waals surface area contributed by atoms with Gasteiger partial charge in [0.15, 0.2) is 5.13 Å². The topological polar surface area (TPSA) is 147 Å². The fourth-order valence-corrected chi connectivity index (χ4v) is 3.34. The second-order valence-electron chi connectivity index (χ2n) is 5.68. The van der Waals surface area contributed by atoms with Gasteiger partial charge in [0, 0.05) is 11.8 Å². The van der Waals surface area contributed by atoms with Gasteiger partial charge >= 0.3 is 0 Å². The molecule has 0 saturated heterocycles. The fourth-order valence-electron chi connectivity index (χ4n) is 2.48. The van der Waals surface area contributed by atoms with Gasteiger partial charge in [-0.05, 0) is 37.3 Å².